The standard InChI is InChI=1S/C40H35FN2O6/c1-26-24-42(38(46)43(36(26)44)37(45)27-16-8-4-9-17-27)33-32(41)31(34-35(33)49-39(2,3)48-34)25-47-40(28-18-10-5-11-19-28,29-20-12-6-13-21-29)30-22-14-7-15-23-30/h4-24,33-35H,25H2,1-3H3/t33-,34-,35?/m1/s1. The number of ether oxygens (including phenoxy) is 3. The van der Waals surface area contributed by atoms with Crippen LogP contribution in [0.2, 0.25) is 0 Å². The summed E-state index contributed by atoms with van der Waals surface area (Å²) in [5.74, 6) is -2.62. The summed E-state index contributed by atoms with van der Waals surface area (Å²) in [5.41, 5.74) is 0.00414. The molecule has 248 valence electrons. The minimum absolute atomic E-state index is 0.0901. The second-order valence-corrected chi connectivity index (χ2v) is 12.7. The SMILES string of the molecule is Cc1cn([C@@H]2C(F)=C(COC(c3ccccc3)(c3ccccc3)c3ccccc3)[C@H]3OC(C)(C)OC32)c(=O)n(C(=O)c2ccccc2)c1=O. The van der Waals surface area contributed by atoms with Crippen LogP contribution >= 0.6 is 0 Å². The van der Waals surface area contributed by atoms with Gasteiger partial charge in [-0.05, 0) is 49.6 Å². The molecule has 0 radical (unpaired) electrons. The molecule has 0 amide bonds. The minimum Gasteiger partial charge on any atom is -0.356 e. The zero-order valence-electron chi connectivity index (χ0n) is 27.3. The number of nitrogens with zero attached hydrogens (tertiary/aromatic N) is 2. The molecule has 1 aliphatic heterocycles. The van der Waals surface area contributed by atoms with E-state index >= 15 is 4.39 Å². The van der Waals surface area contributed by atoms with Gasteiger partial charge in [0.15, 0.2) is 5.79 Å². The van der Waals surface area contributed by atoms with Crippen LogP contribution in [-0.4, -0.2) is 39.6 Å². The van der Waals surface area contributed by atoms with Crippen molar-refractivity contribution in [1.29, 1.82) is 0 Å². The summed E-state index contributed by atoms with van der Waals surface area (Å²) < 4.78 is 38.2. The van der Waals surface area contributed by atoms with Crippen molar-refractivity contribution in [1.82, 2.24) is 9.13 Å². The Kier molecular flexibility index (Phi) is 8.36. The van der Waals surface area contributed by atoms with Crippen LogP contribution in [0.15, 0.2) is 149 Å². The first-order valence-corrected chi connectivity index (χ1v) is 16.1. The molecule has 0 N–H and O–H groups in total. The van der Waals surface area contributed by atoms with Gasteiger partial charge < -0.3 is 14.2 Å². The normalized spacial score (nSPS) is 20.0. The van der Waals surface area contributed by atoms with E-state index in [1.165, 1.54) is 25.3 Å². The van der Waals surface area contributed by atoms with Gasteiger partial charge in [0.25, 0.3) is 11.5 Å². The topological polar surface area (TPSA) is 88.8 Å². The van der Waals surface area contributed by atoms with E-state index < -0.39 is 52.6 Å². The highest BCUT2D eigenvalue weighted by Gasteiger charge is 2.55. The third-order valence-corrected chi connectivity index (χ3v) is 9.14. The first-order valence-electron chi connectivity index (χ1n) is 16.1. The Bertz CT molecular complexity index is 2050. The van der Waals surface area contributed by atoms with Crippen molar-refractivity contribution >= 4 is 5.91 Å². The molecule has 2 aliphatic rings. The maximum absolute atomic E-state index is 17.1. The number of carbonyl (C=O) groups is 1. The lowest BCUT2D eigenvalue weighted by Gasteiger charge is -2.36. The number of halogens is 1. The highest BCUT2D eigenvalue weighted by molar-refractivity contribution is 5.95. The van der Waals surface area contributed by atoms with Crippen LogP contribution in [0.1, 0.15) is 52.5 Å². The average Bonchev–Trinajstić information content (AvgIpc) is 3.56. The van der Waals surface area contributed by atoms with E-state index in [4.69, 9.17) is 14.2 Å². The summed E-state index contributed by atoms with van der Waals surface area (Å²) in [6.07, 6.45) is -0.623. The number of benzene rings is 4. The molecule has 1 unspecified atom stereocenters. The van der Waals surface area contributed by atoms with E-state index in [2.05, 4.69) is 0 Å². The summed E-state index contributed by atoms with van der Waals surface area (Å²) in [6, 6.07) is 35.8. The van der Waals surface area contributed by atoms with Gasteiger partial charge in [0.2, 0.25) is 0 Å². The van der Waals surface area contributed by atoms with Crippen molar-refractivity contribution in [2.75, 3.05) is 6.61 Å². The predicted molar refractivity (Wildman–Crippen MR) is 182 cm³/mol. The number of hydrogen-bond acceptors (Lipinski definition) is 6. The Morgan fingerprint density at radius 1 is 0.796 bits per heavy atom. The van der Waals surface area contributed by atoms with Crippen LogP contribution in [0.4, 0.5) is 4.39 Å². The molecule has 2 heterocycles. The molecular formula is C40H35FN2O6. The van der Waals surface area contributed by atoms with E-state index in [0.29, 0.717) is 4.57 Å². The highest BCUT2D eigenvalue weighted by Crippen LogP contribution is 2.49. The third kappa shape index (κ3) is 5.59. The van der Waals surface area contributed by atoms with Gasteiger partial charge >= 0.3 is 5.69 Å². The molecule has 1 aromatic heterocycles. The Morgan fingerprint density at radius 2 is 1.29 bits per heavy atom. The fourth-order valence-electron chi connectivity index (χ4n) is 6.93. The molecule has 7 rings (SSSR count). The van der Waals surface area contributed by atoms with Crippen LogP contribution in [0.25, 0.3) is 0 Å². The van der Waals surface area contributed by atoms with Gasteiger partial charge in [-0.1, -0.05) is 109 Å². The molecular weight excluding hydrogens is 623 g/mol. The number of hydrogen-bond donors (Lipinski definition) is 0. The van der Waals surface area contributed by atoms with E-state index in [1.54, 1.807) is 32.0 Å². The Labute approximate surface area is 282 Å². The quantitative estimate of drug-likeness (QED) is 0.182. The van der Waals surface area contributed by atoms with Crippen molar-refractivity contribution < 1.29 is 23.4 Å². The summed E-state index contributed by atoms with van der Waals surface area (Å²) in [5, 5.41) is 0. The van der Waals surface area contributed by atoms with Gasteiger partial charge in [-0.2, -0.15) is 4.57 Å². The molecule has 0 saturated carbocycles. The minimum atomic E-state index is -1.33. The average molecular weight is 659 g/mol. The summed E-state index contributed by atoms with van der Waals surface area (Å²) in [4.78, 5) is 40.7. The zero-order valence-corrected chi connectivity index (χ0v) is 27.3. The van der Waals surface area contributed by atoms with Crippen molar-refractivity contribution in [3.63, 3.8) is 0 Å². The summed E-state index contributed by atoms with van der Waals surface area (Å²) >= 11 is 0. The van der Waals surface area contributed by atoms with Crippen LogP contribution in [0.5, 0.6) is 0 Å². The fourth-order valence-corrected chi connectivity index (χ4v) is 6.93. The molecule has 0 bridgehead atoms. The number of aromatic nitrogens is 2. The lowest BCUT2D eigenvalue weighted by atomic mass is 9.80. The van der Waals surface area contributed by atoms with E-state index in [0.717, 1.165) is 21.3 Å². The van der Waals surface area contributed by atoms with Crippen LogP contribution in [-0.2, 0) is 19.8 Å². The molecule has 9 heteroatoms. The van der Waals surface area contributed by atoms with Crippen LogP contribution in [0.3, 0.4) is 0 Å². The lowest BCUT2D eigenvalue weighted by Crippen LogP contribution is -2.47. The molecule has 1 aliphatic carbocycles. The largest absolute Gasteiger partial charge is 0.356 e. The van der Waals surface area contributed by atoms with Crippen molar-refractivity contribution in [2.24, 2.45) is 0 Å². The van der Waals surface area contributed by atoms with E-state index in [-0.39, 0.29) is 23.3 Å². The molecule has 1 saturated heterocycles. The maximum atomic E-state index is 17.1. The number of aryl methyl sites for hydroxylation is 1. The molecule has 1 fully saturated rings. The molecule has 0 spiro atoms. The summed E-state index contributed by atoms with van der Waals surface area (Å²) in [7, 11) is 0. The zero-order chi connectivity index (χ0) is 34.3. The molecule has 8 nitrogen and oxygen atoms in total. The first kappa shape index (κ1) is 32.3. The smallest absolute Gasteiger partial charge is 0.338 e. The highest BCUT2D eigenvalue weighted by atomic mass is 19.1. The van der Waals surface area contributed by atoms with E-state index in [1.807, 2.05) is 91.0 Å². The number of carbonyl (C=O) groups excluding carboxylic acids is 1. The number of fused-ring (bicyclic) bond motifs is 1. The van der Waals surface area contributed by atoms with Gasteiger partial charge in [0.05, 0.1) is 6.61 Å². The van der Waals surface area contributed by atoms with Crippen LogP contribution < -0.4 is 11.2 Å². The van der Waals surface area contributed by atoms with E-state index in [9.17, 15) is 14.4 Å². The third-order valence-electron chi connectivity index (χ3n) is 9.14. The second kappa shape index (κ2) is 12.7. The first-order chi connectivity index (χ1) is 23.6. The van der Waals surface area contributed by atoms with Crippen LogP contribution in [0, 0.1) is 6.92 Å². The number of rotatable bonds is 8. The van der Waals surface area contributed by atoms with Gasteiger partial charge in [0.1, 0.15) is 29.7 Å². The lowest BCUT2D eigenvalue weighted by molar-refractivity contribution is -0.150. The molecule has 5 aromatic rings. The Balaban J connectivity index is 1.36. The van der Waals surface area contributed by atoms with Crippen molar-refractivity contribution in [2.45, 2.75) is 50.4 Å². The predicted octanol–water partition coefficient (Wildman–Crippen LogP) is 6.31. The summed E-state index contributed by atoms with van der Waals surface area (Å²) in [6.45, 7) is 4.69. The second-order valence-electron chi connectivity index (χ2n) is 12.7. The Morgan fingerprint density at radius 3 is 1.80 bits per heavy atom. The van der Waals surface area contributed by atoms with Gasteiger partial charge in [-0.25, -0.2) is 9.18 Å². The monoisotopic (exact) mass is 658 g/mol. The van der Waals surface area contributed by atoms with Crippen molar-refractivity contribution in [3.05, 3.63) is 188 Å². The molecule has 4 aromatic carbocycles. The van der Waals surface area contributed by atoms with Gasteiger partial charge in [-0.3, -0.25) is 14.2 Å². The molecule has 49 heavy (non-hydrogen) atoms. The maximum Gasteiger partial charge on any atom is 0.338 e. The fraction of sp³-hybridized carbons (Fsp3) is 0.225. The van der Waals surface area contributed by atoms with Crippen molar-refractivity contribution in [3.8, 4) is 0 Å². The van der Waals surface area contributed by atoms with Gasteiger partial charge in [-0.15, -0.1) is 0 Å². The Hall–Kier alpha value is -5.22. The van der Waals surface area contributed by atoms with Gasteiger partial charge in [0, 0.05) is 22.9 Å². The molecule has 3 atom stereocenters.